The number of rotatable bonds is 4. The van der Waals surface area contributed by atoms with Crippen LogP contribution in [-0.2, 0) is 14.7 Å². The van der Waals surface area contributed by atoms with Gasteiger partial charge in [0.05, 0.1) is 10.2 Å². The maximum absolute atomic E-state index is 14.1. The zero-order chi connectivity index (χ0) is 18.1. The van der Waals surface area contributed by atoms with Gasteiger partial charge < -0.3 is 14.2 Å². The quantitative estimate of drug-likeness (QED) is 0.345. The Hall–Kier alpha value is -1.40. The number of aromatic hydroxyl groups is 1. The largest absolute Gasteiger partial charge is 1.00 e. The van der Waals surface area contributed by atoms with Crippen molar-refractivity contribution in [3.05, 3.63) is 78.9 Å². The topological polar surface area (TPSA) is 94.5 Å². The molecule has 3 rings (SSSR count). The zero-order valence-electron chi connectivity index (χ0n) is 13.9. The van der Waals surface area contributed by atoms with Gasteiger partial charge >= 0.3 is 29.6 Å². The van der Waals surface area contributed by atoms with E-state index in [1.807, 2.05) is 0 Å². The molecule has 0 saturated heterocycles. The van der Waals surface area contributed by atoms with Gasteiger partial charge in [-0.15, -0.1) is 0 Å². The van der Waals surface area contributed by atoms with Crippen molar-refractivity contribution < 1.29 is 52.2 Å². The first-order chi connectivity index (χ1) is 11.8. The minimum atomic E-state index is -4.75. The maximum atomic E-state index is 14.1. The Morgan fingerprint density at radius 3 is 1.69 bits per heavy atom. The molecule has 0 aliphatic heterocycles. The van der Waals surface area contributed by atoms with E-state index in [0.29, 0.717) is 10.6 Å². The third-order valence-electron chi connectivity index (χ3n) is 3.81. The molecule has 0 fully saturated rings. The molecular formula is C18H14NaO5PS. The molecule has 0 saturated carbocycles. The van der Waals surface area contributed by atoms with Gasteiger partial charge in [-0.2, -0.15) is 0 Å². The normalized spacial score (nSPS) is 11.6. The summed E-state index contributed by atoms with van der Waals surface area (Å²) in [6, 6.07) is 20.0. The third kappa shape index (κ3) is 3.96. The molecule has 0 bridgehead atoms. The summed E-state index contributed by atoms with van der Waals surface area (Å²) in [5.74, 6) is -0.330. The molecule has 0 aromatic heterocycles. The Bertz CT molecular complexity index is 1010. The second-order valence-electron chi connectivity index (χ2n) is 5.39. The summed E-state index contributed by atoms with van der Waals surface area (Å²) in [6.45, 7) is 0. The molecule has 0 unspecified atom stereocenters. The molecule has 0 spiro atoms. The van der Waals surface area contributed by atoms with Gasteiger partial charge in [0.2, 0.25) is 0 Å². The molecule has 0 heterocycles. The van der Waals surface area contributed by atoms with Gasteiger partial charge in [-0.1, -0.05) is 60.7 Å². The summed E-state index contributed by atoms with van der Waals surface area (Å²) in [4.78, 5) is -0.535. The monoisotopic (exact) mass is 396 g/mol. The summed E-state index contributed by atoms with van der Waals surface area (Å²) in [5, 5.41) is 11.1. The molecule has 0 atom stereocenters. The van der Waals surface area contributed by atoms with Gasteiger partial charge in [-0.3, -0.25) is 0 Å². The zero-order valence-corrected chi connectivity index (χ0v) is 17.7. The predicted octanol–water partition coefficient (Wildman–Crippen LogP) is -1.06. The number of hydrogen-bond donors (Lipinski definition) is 1. The molecule has 8 heteroatoms. The first-order valence-electron chi connectivity index (χ1n) is 7.34. The van der Waals surface area contributed by atoms with Crippen molar-refractivity contribution in [2.75, 3.05) is 0 Å². The van der Waals surface area contributed by atoms with Gasteiger partial charge in [0.25, 0.3) is 0 Å². The van der Waals surface area contributed by atoms with Crippen molar-refractivity contribution in [2.24, 2.45) is 0 Å². The molecular weight excluding hydrogens is 382 g/mol. The fourth-order valence-corrected chi connectivity index (χ4v) is 5.95. The molecule has 0 aliphatic carbocycles. The summed E-state index contributed by atoms with van der Waals surface area (Å²) < 4.78 is 48.2. The van der Waals surface area contributed by atoms with Crippen LogP contribution in [0.4, 0.5) is 0 Å². The molecule has 0 amide bonds. The summed E-state index contributed by atoms with van der Waals surface area (Å²) in [6.07, 6.45) is 0. The standard InChI is InChI=1S/C18H15O5PS.Na/c19-17-12-11-16(25(21,22)23)13-18(17)24(20,14-7-3-1-4-8-14)15-9-5-2-6-10-15;/h1-13,19H,(H,21,22,23);/q;+1/p-1. The molecule has 3 aromatic rings. The van der Waals surface area contributed by atoms with Crippen LogP contribution in [0.2, 0.25) is 0 Å². The van der Waals surface area contributed by atoms with Gasteiger partial charge in [0.1, 0.15) is 15.9 Å². The second-order valence-corrected chi connectivity index (χ2v) is 9.50. The Balaban J connectivity index is 0.00000243. The number of benzene rings is 3. The molecule has 0 aliphatic rings. The first-order valence-corrected chi connectivity index (χ1v) is 10.5. The Morgan fingerprint density at radius 1 is 0.808 bits per heavy atom. The van der Waals surface area contributed by atoms with E-state index >= 15 is 0 Å². The summed E-state index contributed by atoms with van der Waals surface area (Å²) in [5.41, 5.74) is 0. The van der Waals surface area contributed by atoms with Crippen LogP contribution in [0.15, 0.2) is 83.8 Å². The van der Waals surface area contributed by atoms with Crippen molar-refractivity contribution in [1.82, 2.24) is 0 Å². The average Bonchev–Trinajstić information content (AvgIpc) is 2.62. The fourth-order valence-electron chi connectivity index (χ4n) is 2.61. The number of hydrogen-bond acceptors (Lipinski definition) is 5. The van der Waals surface area contributed by atoms with Crippen LogP contribution in [0.3, 0.4) is 0 Å². The van der Waals surface area contributed by atoms with E-state index < -0.39 is 22.2 Å². The minimum absolute atomic E-state index is 0. The van der Waals surface area contributed by atoms with E-state index in [1.54, 1.807) is 60.7 Å². The summed E-state index contributed by atoms with van der Waals surface area (Å²) in [7, 11) is -8.31. The van der Waals surface area contributed by atoms with Gasteiger partial charge in [0, 0.05) is 10.6 Å². The SMILES string of the molecule is O=P(c1ccccc1)(c1ccccc1)c1cc(S(=O)(=O)[O-])ccc1O.[Na+]. The van der Waals surface area contributed by atoms with Crippen LogP contribution in [0, 0.1) is 0 Å². The van der Waals surface area contributed by atoms with Crippen LogP contribution >= 0.6 is 7.14 Å². The second kappa shape index (κ2) is 8.09. The molecule has 128 valence electrons. The van der Waals surface area contributed by atoms with Crippen molar-refractivity contribution in [3.8, 4) is 5.75 Å². The van der Waals surface area contributed by atoms with E-state index in [9.17, 15) is 22.6 Å². The minimum Gasteiger partial charge on any atom is -0.744 e. The first kappa shape index (κ1) is 20.9. The van der Waals surface area contributed by atoms with Crippen LogP contribution < -0.4 is 45.5 Å². The van der Waals surface area contributed by atoms with Crippen LogP contribution in [-0.4, -0.2) is 18.1 Å². The van der Waals surface area contributed by atoms with Gasteiger partial charge in [-0.25, -0.2) is 8.42 Å². The Kier molecular flexibility index (Phi) is 6.51. The van der Waals surface area contributed by atoms with E-state index in [-0.39, 0.29) is 40.6 Å². The van der Waals surface area contributed by atoms with Crippen LogP contribution in [0.5, 0.6) is 5.75 Å². The van der Waals surface area contributed by atoms with Crippen molar-refractivity contribution in [2.45, 2.75) is 4.90 Å². The number of phenolic OH excluding ortho intramolecular Hbond substituents is 1. The summed E-state index contributed by atoms with van der Waals surface area (Å²) >= 11 is 0. The van der Waals surface area contributed by atoms with E-state index in [2.05, 4.69) is 0 Å². The fraction of sp³-hybridized carbons (Fsp3) is 0. The number of phenols is 1. The smallest absolute Gasteiger partial charge is 0.744 e. The molecule has 26 heavy (non-hydrogen) atoms. The molecule has 5 nitrogen and oxygen atoms in total. The Labute approximate surface area is 174 Å². The Morgan fingerprint density at radius 2 is 1.27 bits per heavy atom. The van der Waals surface area contributed by atoms with E-state index in [1.165, 1.54) is 0 Å². The molecule has 0 radical (unpaired) electrons. The molecule has 1 N–H and O–H groups in total. The van der Waals surface area contributed by atoms with Gasteiger partial charge in [0.15, 0.2) is 7.14 Å². The van der Waals surface area contributed by atoms with Gasteiger partial charge in [-0.05, 0) is 18.2 Å². The van der Waals surface area contributed by atoms with E-state index in [4.69, 9.17) is 0 Å². The van der Waals surface area contributed by atoms with E-state index in [0.717, 1.165) is 18.2 Å². The van der Waals surface area contributed by atoms with Crippen molar-refractivity contribution in [3.63, 3.8) is 0 Å². The third-order valence-corrected chi connectivity index (χ3v) is 7.73. The maximum Gasteiger partial charge on any atom is 1.00 e. The predicted molar refractivity (Wildman–Crippen MR) is 95.5 cm³/mol. The van der Waals surface area contributed by atoms with Crippen LogP contribution in [0.1, 0.15) is 0 Å². The average molecular weight is 396 g/mol. The van der Waals surface area contributed by atoms with Crippen LogP contribution in [0.25, 0.3) is 0 Å². The van der Waals surface area contributed by atoms with Crippen molar-refractivity contribution in [1.29, 1.82) is 0 Å². The molecule has 3 aromatic carbocycles. The van der Waals surface area contributed by atoms with Crippen molar-refractivity contribution >= 4 is 33.2 Å².